The van der Waals surface area contributed by atoms with Gasteiger partial charge in [-0.25, -0.2) is 0 Å². The smallest absolute Gasteiger partial charge is 0.242 e. The van der Waals surface area contributed by atoms with E-state index >= 15 is 0 Å². The number of rotatable bonds is 8. The van der Waals surface area contributed by atoms with Crippen molar-refractivity contribution in [1.29, 1.82) is 0 Å². The number of nitrogens with zero attached hydrogens (tertiary/aromatic N) is 1. The van der Waals surface area contributed by atoms with Crippen LogP contribution in [-0.2, 0) is 22.6 Å². The second kappa shape index (κ2) is 10.7. The van der Waals surface area contributed by atoms with E-state index in [1.54, 1.807) is 4.90 Å². The lowest BCUT2D eigenvalue weighted by Crippen LogP contribution is -2.49. The van der Waals surface area contributed by atoms with Crippen molar-refractivity contribution < 1.29 is 9.59 Å². The fourth-order valence-corrected chi connectivity index (χ4v) is 4.88. The molecule has 0 saturated heterocycles. The van der Waals surface area contributed by atoms with E-state index in [4.69, 9.17) is 0 Å². The van der Waals surface area contributed by atoms with Crippen LogP contribution in [0.4, 0.5) is 0 Å². The Bertz CT molecular complexity index is 1110. The number of hydrogen-bond acceptors (Lipinski definition) is 2. The molecule has 1 fully saturated rings. The Balaban J connectivity index is 1.50. The fourth-order valence-electron chi connectivity index (χ4n) is 4.88. The number of carbonyl (C=O) groups is 2. The van der Waals surface area contributed by atoms with E-state index in [1.807, 2.05) is 50.2 Å². The molecule has 33 heavy (non-hydrogen) atoms. The number of nitrogens with one attached hydrogen (secondary N) is 1. The van der Waals surface area contributed by atoms with Crippen molar-refractivity contribution in [2.75, 3.05) is 0 Å². The summed E-state index contributed by atoms with van der Waals surface area (Å²) in [5.41, 5.74) is 3.37. The van der Waals surface area contributed by atoms with Crippen LogP contribution in [0.1, 0.15) is 55.7 Å². The van der Waals surface area contributed by atoms with Crippen LogP contribution >= 0.6 is 0 Å². The summed E-state index contributed by atoms with van der Waals surface area (Å²) in [6.45, 7) is 4.34. The van der Waals surface area contributed by atoms with Crippen molar-refractivity contribution in [1.82, 2.24) is 10.2 Å². The molecule has 0 unspecified atom stereocenters. The van der Waals surface area contributed by atoms with E-state index in [2.05, 4.69) is 35.6 Å². The number of carbonyl (C=O) groups excluding carboxylic acids is 2. The van der Waals surface area contributed by atoms with Gasteiger partial charge < -0.3 is 10.2 Å². The summed E-state index contributed by atoms with van der Waals surface area (Å²) in [5.74, 6) is -0.0356. The summed E-state index contributed by atoms with van der Waals surface area (Å²) in [4.78, 5) is 28.3. The molecule has 1 saturated carbocycles. The Morgan fingerprint density at radius 2 is 1.73 bits per heavy atom. The van der Waals surface area contributed by atoms with Crippen molar-refractivity contribution in [2.24, 2.45) is 0 Å². The van der Waals surface area contributed by atoms with Crippen LogP contribution in [-0.4, -0.2) is 28.8 Å². The highest BCUT2D eigenvalue weighted by molar-refractivity contribution is 5.89. The van der Waals surface area contributed by atoms with E-state index in [0.717, 1.165) is 36.8 Å². The molecule has 4 nitrogen and oxygen atoms in total. The minimum Gasteiger partial charge on any atom is -0.352 e. The minimum atomic E-state index is -0.508. The first-order valence-electron chi connectivity index (χ1n) is 12.1. The Hall–Kier alpha value is -3.14. The van der Waals surface area contributed by atoms with Crippen LogP contribution in [0.3, 0.4) is 0 Å². The molecule has 0 heterocycles. The van der Waals surface area contributed by atoms with Crippen molar-refractivity contribution in [2.45, 2.75) is 71.0 Å². The fraction of sp³-hybridized carbons (Fsp3) is 0.379. The molecule has 1 N–H and O–H groups in total. The Morgan fingerprint density at radius 1 is 1.00 bits per heavy atom. The summed E-state index contributed by atoms with van der Waals surface area (Å²) in [6.07, 6.45) is 5.42. The van der Waals surface area contributed by atoms with Gasteiger partial charge >= 0.3 is 0 Å². The summed E-state index contributed by atoms with van der Waals surface area (Å²) in [6, 6.07) is 22.4. The number of benzene rings is 3. The average Bonchev–Trinajstić information content (AvgIpc) is 3.33. The van der Waals surface area contributed by atoms with Gasteiger partial charge in [0.1, 0.15) is 6.04 Å². The molecule has 0 aromatic heterocycles. The molecular weight excluding hydrogens is 408 g/mol. The van der Waals surface area contributed by atoms with Crippen molar-refractivity contribution in [3.05, 3.63) is 83.4 Å². The van der Waals surface area contributed by atoms with E-state index in [1.165, 1.54) is 16.3 Å². The topological polar surface area (TPSA) is 49.4 Å². The zero-order chi connectivity index (χ0) is 23.2. The third-order valence-corrected chi connectivity index (χ3v) is 6.79. The molecule has 0 aliphatic heterocycles. The van der Waals surface area contributed by atoms with Gasteiger partial charge in [0.05, 0.1) is 0 Å². The van der Waals surface area contributed by atoms with Crippen molar-refractivity contribution in [3.8, 4) is 0 Å². The first kappa shape index (κ1) is 23.0. The normalized spacial score (nSPS) is 14.8. The molecule has 0 spiro atoms. The monoisotopic (exact) mass is 442 g/mol. The third kappa shape index (κ3) is 5.81. The zero-order valence-electron chi connectivity index (χ0n) is 19.7. The molecular formula is C29H34N2O2. The average molecular weight is 443 g/mol. The third-order valence-electron chi connectivity index (χ3n) is 6.79. The maximum Gasteiger partial charge on any atom is 0.242 e. The lowest BCUT2D eigenvalue weighted by molar-refractivity contribution is -0.140. The molecule has 1 aliphatic rings. The molecule has 3 aromatic carbocycles. The first-order valence-corrected chi connectivity index (χ1v) is 12.1. The van der Waals surface area contributed by atoms with E-state index in [-0.39, 0.29) is 17.9 Å². The highest BCUT2D eigenvalue weighted by atomic mass is 16.2. The van der Waals surface area contributed by atoms with Gasteiger partial charge in [-0.15, -0.1) is 0 Å². The molecule has 0 radical (unpaired) electrons. The highest BCUT2D eigenvalue weighted by Gasteiger charge is 2.28. The maximum atomic E-state index is 13.5. The number of hydrogen-bond donors (Lipinski definition) is 1. The van der Waals surface area contributed by atoms with Crippen LogP contribution < -0.4 is 5.32 Å². The second-order valence-electron chi connectivity index (χ2n) is 9.31. The Kier molecular flexibility index (Phi) is 7.43. The van der Waals surface area contributed by atoms with Crippen LogP contribution in [0.2, 0.25) is 0 Å². The number of fused-ring (bicyclic) bond motifs is 1. The predicted molar refractivity (Wildman–Crippen MR) is 134 cm³/mol. The SMILES string of the molecule is Cc1cccc(CN(C(=O)CCc2cccc3ccccc23)[C@@H](C)C(=O)NC2CCCC2)c1. The molecule has 4 heteroatoms. The van der Waals surface area contributed by atoms with Crippen molar-refractivity contribution >= 4 is 22.6 Å². The lowest BCUT2D eigenvalue weighted by atomic mass is 10.0. The molecule has 3 aromatic rings. The maximum absolute atomic E-state index is 13.5. The highest BCUT2D eigenvalue weighted by Crippen LogP contribution is 2.22. The van der Waals surface area contributed by atoms with Gasteiger partial charge in [0.2, 0.25) is 11.8 Å². The van der Waals surface area contributed by atoms with Crippen LogP contribution in [0, 0.1) is 6.92 Å². The predicted octanol–water partition coefficient (Wildman–Crippen LogP) is 5.56. The summed E-state index contributed by atoms with van der Waals surface area (Å²) < 4.78 is 0. The molecule has 0 bridgehead atoms. The van der Waals surface area contributed by atoms with Gasteiger partial charge in [0.15, 0.2) is 0 Å². The largest absolute Gasteiger partial charge is 0.352 e. The molecule has 1 aliphatic carbocycles. The second-order valence-corrected chi connectivity index (χ2v) is 9.31. The standard InChI is InChI=1S/C29H34N2O2/c1-21-9-7-10-23(19-21)20-31(22(2)29(33)30-26-14-4-5-15-26)28(32)18-17-25-13-8-12-24-11-3-6-16-27(24)25/h3,6-13,16,19,22,26H,4-5,14-15,17-18,20H2,1-2H3,(H,30,33)/t22-/m0/s1. The Morgan fingerprint density at radius 3 is 2.52 bits per heavy atom. The minimum absolute atomic E-state index is 0.0125. The number of aryl methyl sites for hydroxylation is 2. The quantitative estimate of drug-likeness (QED) is 0.497. The van der Waals surface area contributed by atoms with Gasteiger partial charge in [0.25, 0.3) is 0 Å². The van der Waals surface area contributed by atoms with Gasteiger partial charge in [-0.2, -0.15) is 0 Å². The molecule has 1 atom stereocenters. The number of amides is 2. The van der Waals surface area contributed by atoms with Crippen LogP contribution in [0.25, 0.3) is 10.8 Å². The zero-order valence-corrected chi connectivity index (χ0v) is 19.7. The van der Waals surface area contributed by atoms with E-state index in [0.29, 0.717) is 19.4 Å². The summed E-state index contributed by atoms with van der Waals surface area (Å²) in [7, 11) is 0. The Labute approximate surface area is 197 Å². The lowest BCUT2D eigenvalue weighted by Gasteiger charge is -2.30. The van der Waals surface area contributed by atoms with E-state index < -0.39 is 6.04 Å². The first-order chi connectivity index (χ1) is 16.0. The van der Waals surface area contributed by atoms with Crippen LogP contribution in [0.5, 0.6) is 0 Å². The molecule has 172 valence electrons. The molecule has 2 amide bonds. The summed E-state index contributed by atoms with van der Waals surface area (Å²) in [5, 5.41) is 5.55. The summed E-state index contributed by atoms with van der Waals surface area (Å²) >= 11 is 0. The van der Waals surface area contributed by atoms with Gasteiger partial charge in [-0.3, -0.25) is 9.59 Å². The van der Waals surface area contributed by atoms with Gasteiger partial charge in [0, 0.05) is 19.0 Å². The van der Waals surface area contributed by atoms with Gasteiger partial charge in [-0.05, 0) is 55.0 Å². The van der Waals surface area contributed by atoms with Gasteiger partial charge in [-0.1, -0.05) is 85.1 Å². The van der Waals surface area contributed by atoms with Crippen LogP contribution in [0.15, 0.2) is 66.7 Å². The van der Waals surface area contributed by atoms with Crippen molar-refractivity contribution in [3.63, 3.8) is 0 Å². The van der Waals surface area contributed by atoms with E-state index in [9.17, 15) is 9.59 Å². The molecule has 4 rings (SSSR count).